The fourth-order valence-corrected chi connectivity index (χ4v) is 1.83. The second-order valence-corrected chi connectivity index (χ2v) is 4.36. The molecule has 0 aliphatic carbocycles. The Labute approximate surface area is 85.5 Å². The Hall–Kier alpha value is -0.280. The van der Waals surface area contributed by atoms with Crippen molar-refractivity contribution in [1.82, 2.24) is 4.90 Å². The van der Waals surface area contributed by atoms with Gasteiger partial charge in [0.05, 0.1) is 0 Å². The summed E-state index contributed by atoms with van der Waals surface area (Å²) in [5, 5.41) is 8.91. The van der Waals surface area contributed by atoms with Gasteiger partial charge in [-0.05, 0) is 40.2 Å². The zero-order valence-electron chi connectivity index (χ0n) is 8.41. The highest BCUT2D eigenvalue weighted by Crippen LogP contribution is 2.26. The molecule has 0 aromatic rings. The van der Waals surface area contributed by atoms with Crippen molar-refractivity contribution < 1.29 is 9.90 Å². The van der Waals surface area contributed by atoms with E-state index in [9.17, 15) is 4.79 Å². The number of halogens is 1. The summed E-state index contributed by atoms with van der Waals surface area (Å²) >= 11 is 0. The van der Waals surface area contributed by atoms with Gasteiger partial charge in [0.1, 0.15) is 6.04 Å². The maximum Gasteiger partial charge on any atom is 0.320 e. The lowest BCUT2D eigenvalue weighted by Crippen LogP contribution is -2.47. The third-order valence-electron chi connectivity index (χ3n) is 2.40. The van der Waals surface area contributed by atoms with Gasteiger partial charge in [-0.3, -0.25) is 9.69 Å². The molecule has 78 valence electrons. The molecule has 1 unspecified atom stereocenters. The highest BCUT2D eigenvalue weighted by atomic mass is 35.5. The molecule has 1 rings (SSSR count). The molecular formula is C9H18ClNO2. The van der Waals surface area contributed by atoms with Crippen LogP contribution in [0.4, 0.5) is 0 Å². The lowest BCUT2D eigenvalue weighted by molar-refractivity contribution is -0.143. The summed E-state index contributed by atoms with van der Waals surface area (Å²) in [7, 11) is 0. The molecular weight excluding hydrogens is 190 g/mol. The van der Waals surface area contributed by atoms with Gasteiger partial charge in [0, 0.05) is 5.54 Å². The van der Waals surface area contributed by atoms with Crippen LogP contribution in [0.3, 0.4) is 0 Å². The average Bonchev–Trinajstić information content (AvgIpc) is 2.30. The zero-order valence-corrected chi connectivity index (χ0v) is 9.23. The van der Waals surface area contributed by atoms with Gasteiger partial charge in [0.2, 0.25) is 0 Å². The van der Waals surface area contributed by atoms with Crippen molar-refractivity contribution >= 4 is 18.4 Å². The molecule has 3 nitrogen and oxygen atoms in total. The Balaban J connectivity index is 0.00000144. The fraction of sp³-hybridized carbons (Fsp3) is 0.889. The Kier molecular flexibility index (Phi) is 4.20. The number of hydrogen-bond acceptors (Lipinski definition) is 2. The number of rotatable bonds is 1. The highest BCUT2D eigenvalue weighted by Gasteiger charge is 2.36. The van der Waals surface area contributed by atoms with Crippen molar-refractivity contribution in [2.75, 3.05) is 6.54 Å². The summed E-state index contributed by atoms with van der Waals surface area (Å²) in [5.74, 6) is -0.678. The first kappa shape index (κ1) is 12.7. The van der Waals surface area contributed by atoms with E-state index in [1.165, 1.54) is 0 Å². The Bertz CT molecular complexity index is 189. The van der Waals surface area contributed by atoms with Gasteiger partial charge in [-0.1, -0.05) is 0 Å². The molecule has 1 heterocycles. The maximum absolute atomic E-state index is 10.8. The van der Waals surface area contributed by atoms with Crippen molar-refractivity contribution in [3.05, 3.63) is 0 Å². The summed E-state index contributed by atoms with van der Waals surface area (Å²) in [6.07, 6.45) is 1.81. The number of hydrogen-bond donors (Lipinski definition) is 1. The first-order valence-corrected chi connectivity index (χ1v) is 4.42. The molecule has 0 bridgehead atoms. The molecule has 1 N–H and O–H groups in total. The van der Waals surface area contributed by atoms with Crippen LogP contribution in [0.2, 0.25) is 0 Å². The van der Waals surface area contributed by atoms with Gasteiger partial charge >= 0.3 is 5.97 Å². The minimum Gasteiger partial charge on any atom is -0.480 e. The number of aliphatic carboxylic acids is 1. The molecule has 0 radical (unpaired) electrons. The quantitative estimate of drug-likeness (QED) is 0.713. The summed E-state index contributed by atoms with van der Waals surface area (Å²) in [5.41, 5.74) is -0.0143. The van der Waals surface area contributed by atoms with Crippen LogP contribution in [-0.2, 0) is 4.79 Å². The number of carboxylic acids is 1. The molecule has 0 saturated carbocycles. The van der Waals surface area contributed by atoms with E-state index >= 15 is 0 Å². The summed E-state index contributed by atoms with van der Waals surface area (Å²) < 4.78 is 0. The summed E-state index contributed by atoms with van der Waals surface area (Å²) in [4.78, 5) is 12.9. The standard InChI is InChI=1S/C9H17NO2.ClH/c1-9(2,3)10-6-4-5-7(10)8(11)12;/h7H,4-6H2,1-3H3,(H,11,12);1H. The molecule has 13 heavy (non-hydrogen) atoms. The van der Waals surface area contributed by atoms with E-state index in [1.54, 1.807) is 0 Å². The van der Waals surface area contributed by atoms with Crippen LogP contribution >= 0.6 is 12.4 Å². The van der Waals surface area contributed by atoms with Crippen LogP contribution in [0.25, 0.3) is 0 Å². The smallest absolute Gasteiger partial charge is 0.320 e. The molecule has 1 atom stereocenters. The van der Waals surface area contributed by atoms with E-state index in [0.29, 0.717) is 0 Å². The van der Waals surface area contributed by atoms with Gasteiger partial charge in [-0.25, -0.2) is 0 Å². The van der Waals surface area contributed by atoms with Crippen molar-refractivity contribution in [1.29, 1.82) is 0 Å². The number of carboxylic acid groups (broad SMARTS) is 1. The minimum absolute atomic E-state index is 0. The van der Waals surface area contributed by atoms with Crippen LogP contribution in [0.1, 0.15) is 33.6 Å². The van der Waals surface area contributed by atoms with E-state index in [2.05, 4.69) is 25.7 Å². The predicted octanol–water partition coefficient (Wildman–Crippen LogP) is 1.76. The van der Waals surface area contributed by atoms with Crippen LogP contribution in [0.5, 0.6) is 0 Å². The summed E-state index contributed by atoms with van der Waals surface area (Å²) in [6, 6.07) is -0.259. The average molecular weight is 208 g/mol. The lowest BCUT2D eigenvalue weighted by Gasteiger charge is -2.34. The number of nitrogens with zero attached hydrogens (tertiary/aromatic N) is 1. The van der Waals surface area contributed by atoms with Crippen molar-refractivity contribution in [3.8, 4) is 0 Å². The molecule has 1 saturated heterocycles. The Morgan fingerprint density at radius 1 is 1.46 bits per heavy atom. The molecule has 0 aromatic carbocycles. The normalized spacial score (nSPS) is 24.1. The third-order valence-corrected chi connectivity index (χ3v) is 2.40. The van der Waals surface area contributed by atoms with Crippen molar-refractivity contribution in [3.63, 3.8) is 0 Å². The third kappa shape index (κ3) is 2.85. The summed E-state index contributed by atoms with van der Waals surface area (Å²) in [6.45, 7) is 7.11. The minimum atomic E-state index is -0.678. The molecule has 1 fully saturated rings. The van der Waals surface area contributed by atoms with Crippen LogP contribution in [0.15, 0.2) is 0 Å². The highest BCUT2D eigenvalue weighted by molar-refractivity contribution is 5.85. The Morgan fingerprint density at radius 3 is 2.31 bits per heavy atom. The van der Waals surface area contributed by atoms with Crippen LogP contribution in [-0.4, -0.2) is 34.1 Å². The van der Waals surface area contributed by atoms with E-state index in [0.717, 1.165) is 19.4 Å². The predicted molar refractivity (Wildman–Crippen MR) is 54.4 cm³/mol. The monoisotopic (exact) mass is 207 g/mol. The number of carbonyl (C=O) groups is 1. The largest absolute Gasteiger partial charge is 0.480 e. The van der Waals surface area contributed by atoms with Gasteiger partial charge in [0.15, 0.2) is 0 Å². The van der Waals surface area contributed by atoms with Gasteiger partial charge in [-0.15, -0.1) is 12.4 Å². The molecule has 1 aliphatic heterocycles. The second-order valence-electron chi connectivity index (χ2n) is 4.36. The van der Waals surface area contributed by atoms with Crippen molar-refractivity contribution in [2.45, 2.75) is 45.2 Å². The molecule has 1 aliphatic rings. The second kappa shape index (κ2) is 4.29. The first-order chi connectivity index (χ1) is 5.43. The van der Waals surface area contributed by atoms with Crippen molar-refractivity contribution in [2.24, 2.45) is 0 Å². The zero-order chi connectivity index (χ0) is 9.35. The van der Waals surface area contributed by atoms with Gasteiger partial charge in [0.25, 0.3) is 0 Å². The first-order valence-electron chi connectivity index (χ1n) is 4.42. The van der Waals surface area contributed by atoms with Crippen LogP contribution < -0.4 is 0 Å². The molecule has 0 aromatic heterocycles. The SMILES string of the molecule is CC(C)(C)N1CCCC1C(=O)O.Cl. The molecule has 0 amide bonds. The van der Waals surface area contributed by atoms with Gasteiger partial charge in [-0.2, -0.15) is 0 Å². The molecule has 0 spiro atoms. The Morgan fingerprint density at radius 2 is 2.00 bits per heavy atom. The van der Waals surface area contributed by atoms with E-state index in [4.69, 9.17) is 5.11 Å². The van der Waals surface area contributed by atoms with Crippen LogP contribution in [0, 0.1) is 0 Å². The maximum atomic E-state index is 10.8. The lowest BCUT2D eigenvalue weighted by atomic mass is 10.0. The number of likely N-dealkylation sites (tertiary alicyclic amines) is 1. The van der Waals surface area contributed by atoms with E-state index in [-0.39, 0.29) is 24.0 Å². The molecule has 4 heteroatoms. The topological polar surface area (TPSA) is 40.5 Å². The van der Waals surface area contributed by atoms with E-state index in [1.807, 2.05) is 0 Å². The van der Waals surface area contributed by atoms with E-state index < -0.39 is 5.97 Å². The van der Waals surface area contributed by atoms with Gasteiger partial charge < -0.3 is 5.11 Å². The fourth-order valence-electron chi connectivity index (χ4n) is 1.83.